The van der Waals surface area contributed by atoms with Gasteiger partial charge < -0.3 is 69.1 Å². The normalized spacial score (nSPS) is 17.9. The molecule has 0 bridgehead atoms. The van der Waals surface area contributed by atoms with Gasteiger partial charge in [-0.15, -0.1) is 0 Å². The zero-order valence-corrected chi connectivity index (χ0v) is 80.7. The SMILES string of the molecule is CCCCCCC1(C)C=CC(c2cc(-c3cccc(-c4cc(C5=CCC(C)(CCCCCC)C=C5)[nH+]c(-c5ccc(C)cc5)c4)c3)cc(-c3ccc(C)cc3)[nH+]2)=CC1.CCCCCCC1(C)C=CC(c2cc(-c3cccc(-c4cc(C5=CCC(C)(CCCCCC)C=C5)[nH+]c(-c5ccc(C)cc5)c4)c3)cc(-c3ccc(C)cc3)[nH+]2)=CC1.F[B-](F)(F)F.F[B-](F)(F)F.F[B-](F)(F)F.F[B-](F)(F)F. The Morgan fingerprint density at radius 2 is 0.397 bits per heavy atom. The number of hydrogen-bond donors (Lipinski definition) is 0. The quantitative estimate of drug-likeness (QED) is 0.0229. The van der Waals surface area contributed by atoms with Crippen LogP contribution in [0.2, 0.25) is 0 Å². The number of hydrogen-bond acceptors (Lipinski definition) is 0. The second-order valence-electron chi connectivity index (χ2n) is 38.0. The fourth-order valence-corrected chi connectivity index (χ4v) is 17.3. The lowest BCUT2D eigenvalue weighted by atomic mass is 9.77. The number of halogens is 16. The first kappa shape index (κ1) is 109. The third-order valence-corrected chi connectivity index (χ3v) is 25.4. The third kappa shape index (κ3) is 37.5. The lowest BCUT2D eigenvalue weighted by Crippen LogP contribution is -2.18. The van der Waals surface area contributed by atoms with E-state index in [9.17, 15) is 69.1 Å². The maximum atomic E-state index is 9.75. The van der Waals surface area contributed by atoms with Gasteiger partial charge in [0.2, 0.25) is 45.6 Å². The van der Waals surface area contributed by atoms with E-state index in [-0.39, 0.29) is 21.7 Å². The van der Waals surface area contributed by atoms with E-state index < -0.39 is 29.0 Å². The third-order valence-electron chi connectivity index (χ3n) is 25.4. The van der Waals surface area contributed by atoms with Crippen LogP contribution in [0.5, 0.6) is 0 Å². The van der Waals surface area contributed by atoms with Gasteiger partial charge in [-0.3, -0.25) is 0 Å². The summed E-state index contributed by atoms with van der Waals surface area (Å²) in [5, 5.41) is 0. The molecule has 4 aromatic heterocycles. The van der Waals surface area contributed by atoms with Crippen LogP contribution in [0.3, 0.4) is 0 Å². The maximum absolute atomic E-state index is 9.75. The van der Waals surface area contributed by atoms with Gasteiger partial charge in [0.05, 0.1) is 0 Å². The molecule has 4 aliphatic rings. The predicted octanol–water partition coefficient (Wildman–Crippen LogP) is 35.7. The first-order valence-electron chi connectivity index (χ1n) is 48.1. The fourth-order valence-electron chi connectivity index (χ4n) is 17.3. The van der Waals surface area contributed by atoms with Gasteiger partial charge in [-0.2, -0.15) is 0 Å². The van der Waals surface area contributed by atoms with Crippen molar-refractivity contribution in [1.82, 2.24) is 0 Å². The van der Waals surface area contributed by atoms with Crippen LogP contribution in [-0.4, -0.2) is 29.0 Å². The lowest BCUT2D eigenvalue weighted by molar-refractivity contribution is -0.368. The average molecular weight is 1880 g/mol. The molecule has 4 heterocycles. The molecule has 0 radical (unpaired) electrons. The van der Waals surface area contributed by atoms with Gasteiger partial charge in [0.1, 0.15) is 0 Å². The number of H-pyrrole nitrogens is 4. The minimum Gasteiger partial charge on any atom is -0.418 e. The van der Waals surface area contributed by atoms with Crippen molar-refractivity contribution in [2.75, 3.05) is 0 Å². The molecule has 136 heavy (non-hydrogen) atoms. The molecule has 0 amide bonds. The molecule has 4 aliphatic carbocycles. The largest absolute Gasteiger partial charge is 0.673 e. The summed E-state index contributed by atoms with van der Waals surface area (Å²) in [5.74, 6) is 0. The summed E-state index contributed by atoms with van der Waals surface area (Å²) in [6, 6.07) is 72.6. The number of benzene rings is 6. The van der Waals surface area contributed by atoms with Gasteiger partial charge in [0.15, 0.2) is 0 Å². The Kier molecular flexibility index (Phi) is 40.2. The maximum Gasteiger partial charge on any atom is 0.673 e. The zero-order chi connectivity index (χ0) is 99.1. The molecule has 0 spiro atoms. The Morgan fingerprint density at radius 1 is 0.221 bits per heavy atom. The highest BCUT2D eigenvalue weighted by Crippen LogP contribution is 2.44. The van der Waals surface area contributed by atoms with Crippen LogP contribution in [0.4, 0.5) is 69.1 Å². The molecule has 0 saturated heterocycles. The number of unbranched alkanes of at least 4 members (excludes halogenated alkanes) is 12. The van der Waals surface area contributed by atoms with E-state index in [1.807, 2.05) is 0 Å². The predicted molar refractivity (Wildman–Crippen MR) is 537 cm³/mol. The van der Waals surface area contributed by atoms with Crippen LogP contribution in [0, 0.1) is 49.4 Å². The number of aryl methyl sites for hydroxylation is 4. The Labute approximate surface area is 796 Å². The van der Waals surface area contributed by atoms with Gasteiger partial charge >= 0.3 is 29.0 Å². The molecule has 4 unspecified atom stereocenters. The van der Waals surface area contributed by atoms with Crippen LogP contribution in [0.1, 0.15) is 255 Å². The highest BCUT2D eigenvalue weighted by Gasteiger charge is 2.32. The fraction of sp³-hybridized carbons (Fsp3) is 0.357. The van der Waals surface area contributed by atoms with Crippen LogP contribution in [0.15, 0.2) is 267 Å². The van der Waals surface area contributed by atoms with E-state index in [0.717, 1.165) is 71.2 Å². The summed E-state index contributed by atoms with van der Waals surface area (Å²) in [7, 11) is -24.0. The van der Waals surface area contributed by atoms with Crippen LogP contribution >= 0.6 is 0 Å². The van der Waals surface area contributed by atoms with Crippen molar-refractivity contribution >= 4 is 51.3 Å². The second kappa shape index (κ2) is 50.3. The van der Waals surface area contributed by atoms with Gasteiger partial charge in [0, 0.05) is 93.1 Å². The number of aromatic nitrogens is 4. The Bertz CT molecular complexity index is 5070. The van der Waals surface area contributed by atoms with Crippen molar-refractivity contribution in [3.63, 3.8) is 0 Å². The summed E-state index contributed by atoms with van der Waals surface area (Å²) in [5.41, 5.74) is 34.7. The van der Waals surface area contributed by atoms with E-state index in [1.165, 1.54) is 240 Å². The minimum absolute atomic E-state index is 0.226. The van der Waals surface area contributed by atoms with Crippen LogP contribution in [-0.2, 0) is 0 Å². The average Bonchev–Trinajstić information content (AvgIpc) is 0.788. The molecular weight excluding hydrogens is 1750 g/mol. The number of pyridine rings is 4. The molecule has 724 valence electrons. The topological polar surface area (TPSA) is 56.6 Å². The monoisotopic (exact) mass is 1880 g/mol. The second-order valence-corrected chi connectivity index (χ2v) is 38.0. The summed E-state index contributed by atoms with van der Waals surface area (Å²) in [6.07, 6.45) is 59.4. The number of allylic oxidation sites excluding steroid dienone is 16. The van der Waals surface area contributed by atoms with Crippen molar-refractivity contribution in [1.29, 1.82) is 0 Å². The van der Waals surface area contributed by atoms with Crippen molar-refractivity contribution < 1.29 is 89.0 Å². The molecule has 0 aliphatic heterocycles. The molecule has 0 saturated carbocycles. The smallest absolute Gasteiger partial charge is 0.418 e. The number of nitrogens with one attached hydrogen (secondary N) is 4. The van der Waals surface area contributed by atoms with E-state index in [2.05, 4.69) is 370 Å². The van der Waals surface area contributed by atoms with E-state index in [0.29, 0.717) is 0 Å². The summed E-state index contributed by atoms with van der Waals surface area (Å²) in [4.78, 5) is 15.4. The molecule has 0 fully saturated rings. The van der Waals surface area contributed by atoms with Gasteiger partial charge in [-0.25, -0.2) is 19.9 Å². The van der Waals surface area contributed by atoms with Gasteiger partial charge in [-0.05, 0) is 206 Å². The van der Waals surface area contributed by atoms with Crippen molar-refractivity contribution in [2.45, 2.75) is 237 Å². The lowest BCUT2D eigenvalue weighted by Gasteiger charge is -2.27. The van der Waals surface area contributed by atoms with E-state index in [4.69, 9.17) is 0 Å². The van der Waals surface area contributed by atoms with Crippen molar-refractivity contribution in [3.8, 4) is 89.5 Å². The molecule has 4 N–H and O–H groups in total. The van der Waals surface area contributed by atoms with Crippen LogP contribution in [0.25, 0.3) is 112 Å². The Balaban J connectivity index is 0.000000254. The zero-order valence-electron chi connectivity index (χ0n) is 80.7. The van der Waals surface area contributed by atoms with Gasteiger partial charge in [-0.1, -0.05) is 338 Å². The summed E-state index contributed by atoms with van der Waals surface area (Å²) in [6.45, 7) is 27.5. The highest BCUT2D eigenvalue weighted by molar-refractivity contribution is 6.51. The van der Waals surface area contributed by atoms with E-state index in [1.54, 1.807) is 0 Å². The molecule has 10 aromatic rings. The van der Waals surface area contributed by atoms with Crippen molar-refractivity contribution in [2.24, 2.45) is 21.7 Å². The summed E-state index contributed by atoms with van der Waals surface area (Å²) >= 11 is 0. The number of rotatable bonds is 32. The first-order valence-corrected chi connectivity index (χ1v) is 48.1. The Morgan fingerprint density at radius 3 is 0.559 bits per heavy atom. The molecule has 24 heteroatoms. The minimum atomic E-state index is -6.00. The Hall–Kier alpha value is -11.0. The first-order chi connectivity index (χ1) is 64.2. The van der Waals surface area contributed by atoms with Crippen molar-refractivity contribution in [3.05, 3.63) is 312 Å². The highest BCUT2D eigenvalue weighted by atomic mass is 19.5. The standard InChI is InChI=1S/2C56H64N2.4BF4/c2*1-7-9-11-13-30-55(5)32-26-45(27-33-55)53-39-49(37-51(57-53)43-22-18-41(3)19-23-43)47-16-15-17-48(36-47)50-38-52(44-24-20-42(4)21-25-44)58-54(40-50)46-28-34-56(6,35-29-46)31-14-12-10-8-2;4*2-1(3,4)5/h2*15-29,32,34,36-40H,7-14,30-31,33,35H2,1-6H3;;;;/q;;4*-1/p+4. The van der Waals surface area contributed by atoms with Gasteiger partial charge in [0.25, 0.3) is 0 Å². The molecular formula is C112H132B4F16N4. The van der Waals surface area contributed by atoms with E-state index >= 15 is 0 Å². The van der Waals surface area contributed by atoms with Crippen LogP contribution < -0.4 is 19.9 Å². The molecule has 14 rings (SSSR count). The molecule has 4 nitrogen and oxygen atoms in total. The molecule has 4 atom stereocenters. The number of aromatic amines is 4. The summed E-state index contributed by atoms with van der Waals surface area (Å²) < 4.78 is 156. The molecule has 6 aromatic carbocycles.